The van der Waals surface area contributed by atoms with Crippen LogP contribution in [0.3, 0.4) is 0 Å². The quantitative estimate of drug-likeness (QED) is 0.862. The van der Waals surface area contributed by atoms with Crippen molar-refractivity contribution < 1.29 is 9.32 Å². The third kappa shape index (κ3) is 3.54. The van der Waals surface area contributed by atoms with E-state index in [1.165, 1.54) is 0 Å². The molecule has 2 heterocycles. The van der Waals surface area contributed by atoms with Gasteiger partial charge in [0.1, 0.15) is 11.5 Å². The van der Waals surface area contributed by atoms with E-state index in [0.717, 1.165) is 17.9 Å². The van der Waals surface area contributed by atoms with E-state index in [1.807, 2.05) is 13.8 Å². The zero-order chi connectivity index (χ0) is 13.7. The topological polar surface area (TPSA) is 80.0 Å². The number of hydrogen-bond donors (Lipinski definition) is 2. The lowest BCUT2D eigenvalue weighted by Gasteiger charge is -2.05. The van der Waals surface area contributed by atoms with Crippen LogP contribution in [-0.4, -0.2) is 22.6 Å². The molecule has 0 aliphatic carbocycles. The lowest BCUT2D eigenvalue weighted by atomic mass is 10.3. The molecule has 0 saturated carbocycles. The molecule has 0 aliphatic rings. The summed E-state index contributed by atoms with van der Waals surface area (Å²) in [5.41, 5.74) is 1.11. The van der Waals surface area contributed by atoms with Crippen molar-refractivity contribution in [2.45, 2.75) is 20.3 Å². The number of carbonyl (C=O) groups excluding carboxylic acids is 1. The molecule has 0 saturated heterocycles. The number of rotatable bonds is 5. The Kier molecular flexibility index (Phi) is 4.12. The number of amides is 1. The van der Waals surface area contributed by atoms with Gasteiger partial charge in [0.15, 0.2) is 5.82 Å². The number of nitrogens with one attached hydrogen (secondary N) is 2. The largest absolute Gasteiger partial charge is 0.360 e. The van der Waals surface area contributed by atoms with E-state index in [4.69, 9.17) is 4.52 Å². The van der Waals surface area contributed by atoms with Gasteiger partial charge in [-0.15, -0.1) is 0 Å². The highest BCUT2D eigenvalue weighted by atomic mass is 16.5. The predicted molar refractivity (Wildman–Crippen MR) is 71.4 cm³/mol. The second-order valence-electron chi connectivity index (χ2n) is 4.13. The first kappa shape index (κ1) is 13.1. The minimum atomic E-state index is -0.179. The van der Waals surface area contributed by atoms with Crippen LogP contribution in [0.4, 0.5) is 11.5 Å². The van der Waals surface area contributed by atoms with Crippen molar-refractivity contribution in [3.05, 3.63) is 35.9 Å². The zero-order valence-electron chi connectivity index (χ0n) is 10.9. The Labute approximate surface area is 111 Å². The normalized spacial score (nSPS) is 10.2. The molecule has 19 heavy (non-hydrogen) atoms. The Balaban J connectivity index is 2.08. The van der Waals surface area contributed by atoms with E-state index < -0.39 is 0 Å². The van der Waals surface area contributed by atoms with Crippen molar-refractivity contribution in [2.75, 3.05) is 11.9 Å². The van der Waals surface area contributed by atoms with Crippen LogP contribution in [0.5, 0.6) is 0 Å². The van der Waals surface area contributed by atoms with E-state index in [-0.39, 0.29) is 5.91 Å². The van der Waals surface area contributed by atoms with Gasteiger partial charge in [0.05, 0.1) is 0 Å². The minimum absolute atomic E-state index is 0.179. The molecule has 0 aromatic carbocycles. The molecule has 0 aliphatic heterocycles. The molecular weight excluding hydrogens is 244 g/mol. The average Bonchev–Trinajstić information content (AvgIpc) is 2.81. The van der Waals surface area contributed by atoms with Crippen molar-refractivity contribution in [1.82, 2.24) is 15.5 Å². The number of anilines is 2. The molecule has 0 atom stereocenters. The molecule has 2 N–H and O–H groups in total. The van der Waals surface area contributed by atoms with Crippen LogP contribution in [-0.2, 0) is 0 Å². The molecule has 0 unspecified atom stereocenters. The summed E-state index contributed by atoms with van der Waals surface area (Å²) in [6, 6.07) is 5.22. The lowest BCUT2D eigenvalue weighted by molar-refractivity contribution is 0.0949. The van der Waals surface area contributed by atoms with Gasteiger partial charge >= 0.3 is 0 Å². The summed E-state index contributed by atoms with van der Waals surface area (Å²) >= 11 is 0. The van der Waals surface area contributed by atoms with Gasteiger partial charge in [-0.25, -0.2) is 0 Å². The van der Waals surface area contributed by atoms with Crippen molar-refractivity contribution in [1.29, 1.82) is 0 Å². The first-order chi connectivity index (χ1) is 9.19. The molecule has 0 spiro atoms. The molecule has 6 nitrogen and oxygen atoms in total. The fourth-order valence-corrected chi connectivity index (χ4v) is 1.53. The van der Waals surface area contributed by atoms with Crippen molar-refractivity contribution in [3.8, 4) is 0 Å². The monoisotopic (exact) mass is 260 g/mol. The first-order valence-corrected chi connectivity index (χ1v) is 6.13. The number of pyridine rings is 1. The number of aryl methyl sites for hydroxylation is 1. The van der Waals surface area contributed by atoms with Gasteiger partial charge in [0.25, 0.3) is 5.91 Å². The van der Waals surface area contributed by atoms with Crippen LogP contribution in [0.25, 0.3) is 0 Å². The van der Waals surface area contributed by atoms with E-state index in [9.17, 15) is 4.79 Å². The zero-order valence-corrected chi connectivity index (χ0v) is 10.9. The van der Waals surface area contributed by atoms with Gasteiger partial charge in [0, 0.05) is 24.5 Å². The molecule has 2 aromatic rings. The second kappa shape index (κ2) is 5.99. The van der Waals surface area contributed by atoms with Crippen molar-refractivity contribution in [2.24, 2.45) is 0 Å². The summed E-state index contributed by atoms with van der Waals surface area (Å²) in [5, 5.41) is 9.66. The summed E-state index contributed by atoms with van der Waals surface area (Å²) in [4.78, 5) is 15.8. The number of hydrogen-bond acceptors (Lipinski definition) is 5. The molecule has 100 valence electrons. The molecule has 2 aromatic heterocycles. The second-order valence-corrected chi connectivity index (χ2v) is 4.13. The Morgan fingerprint density at radius 2 is 2.26 bits per heavy atom. The molecule has 0 bridgehead atoms. The summed E-state index contributed by atoms with van der Waals surface area (Å²) in [6.07, 6.45) is 2.47. The van der Waals surface area contributed by atoms with Crippen molar-refractivity contribution >= 4 is 17.4 Å². The third-order valence-electron chi connectivity index (χ3n) is 2.43. The fourth-order valence-electron chi connectivity index (χ4n) is 1.53. The number of nitrogens with zero attached hydrogens (tertiary/aromatic N) is 2. The molecule has 2 rings (SSSR count). The van der Waals surface area contributed by atoms with Crippen LogP contribution in [0.1, 0.15) is 29.6 Å². The standard InChI is InChI=1S/C13H16N4O2/c1-3-5-15-13(18)11-8-10(4-6-14-11)16-12-7-9(2)19-17-12/h4,6-8H,3,5H2,1-2H3,(H,15,18)(H,14,16,17). The van der Waals surface area contributed by atoms with Crippen LogP contribution in [0.15, 0.2) is 28.9 Å². The van der Waals surface area contributed by atoms with E-state index in [2.05, 4.69) is 20.8 Å². The minimum Gasteiger partial charge on any atom is -0.360 e. The summed E-state index contributed by atoms with van der Waals surface area (Å²) in [7, 11) is 0. The molecule has 0 fully saturated rings. The van der Waals surface area contributed by atoms with E-state index >= 15 is 0 Å². The van der Waals surface area contributed by atoms with Crippen LogP contribution in [0.2, 0.25) is 0 Å². The number of carbonyl (C=O) groups is 1. The molecule has 0 radical (unpaired) electrons. The summed E-state index contributed by atoms with van der Waals surface area (Å²) in [6.45, 7) is 4.45. The lowest BCUT2D eigenvalue weighted by Crippen LogP contribution is -2.24. The SMILES string of the molecule is CCCNC(=O)c1cc(Nc2cc(C)on2)ccn1. The maximum absolute atomic E-state index is 11.8. The highest BCUT2D eigenvalue weighted by molar-refractivity contribution is 5.93. The molecule has 6 heteroatoms. The third-order valence-corrected chi connectivity index (χ3v) is 2.43. The molecule has 1 amide bonds. The van der Waals surface area contributed by atoms with Gasteiger partial charge in [-0.1, -0.05) is 12.1 Å². The molecular formula is C13H16N4O2. The van der Waals surface area contributed by atoms with Crippen LogP contribution >= 0.6 is 0 Å². The highest BCUT2D eigenvalue weighted by Gasteiger charge is 2.08. The fraction of sp³-hybridized carbons (Fsp3) is 0.308. The van der Waals surface area contributed by atoms with E-state index in [0.29, 0.717) is 18.1 Å². The van der Waals surface area contributed by atoms with Gasteiger partial charge in [-0.2, -0.15) is 0 Å². The van der Waals surface area contributed by atoms with Crippen LogP contribution in [0, 0.1) is 6.92 Å². The Bertz CT molecular complexity index is 565. The Morgan fingerprint density at radius 1 is 1.42 bits per heavy atom. The van der Waals surface area contributed by atoms with Gasteiger partial charge in [-0.3, -0.25) is 9.78 Å². The Morgan fingerprint density at radius 3 is 2.95 bits per heavy atom. The summed E-state index contributed by atoms with van der Waals surface area (Å²) in [5.74, 6) is 1.14. The predicted octanol–water partition coefficient (Wildman–Crippen LogP) is 2.26. The summed E-state index contributed by atoms with van der Waals surface area (Å²) < 4.78 is 4.96. The first-order valence-electron chi connectivity index (χ1n) is 6.13. The van der Waals surface area contributed by atoms with Crippen LogP contribution < -0.4 is 10.6 Å². The van der Waals surface area contributed by atoms with Gasteiger partial charge < -0.3 is 15.2 Å². The smallest absolute Gasteiger partial charge is 0.269 e. The van der Waals surface area contributed by atoms with Gasteiger partial charge in [-0.05, 0) is 25.5 Å². The maximum Gasteiger partial charge on any atom is 0.269 e. The Hall–Kier alpha value is -2.37. The van der Waals surface area contributed by atoms with Crippen molar-refractivity contribution in [3.63, 3.8) is 0 Å². The maximum atomic E-state index is 11.8. The average molecular weight is 260 g/mol. The number of aromatic nitrogens is 2. The van der Waals surface area contributed by atoms with E-state index in [1.54, 1.807) is 24.4 Å². The highest BCUT2D eigenvalue weighted by Crippen LogP contribution is 2.16. The van der Waals surface area contributed by atoms with Gasteiger partial charge in [0.2, 0.25) is 0 Å².